The minimum atomic E-state index is -0.570. The largest absolute Gasteiger partial charge is 0.308 e. The molecule has 0 aliphatic carbocycles. The fraction of sp³-hybridized carbons (Fsp3) is 0.100. The van der Waals surface area contributed by atoms with Crippen molar-refractivity contribution >= 4 is 84.8 Å². The summed E-state index contributed by atoms with van der Waals surface area (Å²) in [7, 11) is 0. The molecule has 152 valence electrons. The Bertz CT molecular complexity index is 1170. The van der Waals surface area contributed by atoms with Crippen LogP contribution in [0.1, 0.15) is 22.8 Å². The highest BCUT2D eigenvalue weighted by Crippen LogP contribution is 2.45. The molecular weight excluding hydrogens is 510 g/mol. The first-order chi connectivity index (χ1) is 14.3. The van der Waals surface area contributed by atoms with E-state index in [0.29, 0.717) is 12.1 Å². The fourth-order valence-corrected chi connectivity index (χ4v) is 5.09. The highest BCUT2D eigenvalue weighted by atomic mass is 79.9. The number of nitrogens with zero attached hydrogens (tertiary/aromatic N) is 2. The predicted molar refractivity (Wildman–Crippen MR) is 125 cm³/mol. The second-order valence-corrected chi connectivity index (χ2v) is 9.31. The fourth-order valence-electron chi connectivity index (χ4n) is 3.26. The van der Waals surface area contributed by atoms with Crippen molar-refractivity contribution in [3.05, 3.63) is 68.0 Å². The van der Waals surface area contributed by atoms with Gasteiger partial charge in [-0.3, -0.25) is 19.8 Å². The van der Waals surface area contributed by atoms with Crippen molar-refractivity contribution in [2.75, 3.05) is 11.4 Å². The summed E-state index contributed by atoms with van der Waals surface area (Å²) in [5, 5.41) is 1.23. The van der Waals surface area contributed by atoms with Crippen LogP contribution in [-0.2, 0) is 9.59 Å². The van der Waals surface area contributed by atoms with E-state index >= 15 is 0 Å². The minimum absolute atomic E-state index is 0.127. The number of benzene rings is 2. The molecule has 2 aliphatic rings. The van der Waals surface area contributed by atoms with Crippen LogP contribution in [0, 0.1) is 0 Å². The molecule has 0 spiro atoms. The molecule has 0 radical (unpaired) electrons. The molecule has 2 aliphatic heterocycles. The van der Waals surface area contributed by atoms with Gasteiger partial charge in [0.25, 0.3) is 17.7 Å². The number of likely N-dealkylation sites (N-methyl/N-ethyl adjacent to an activating group) is 1. The van der Waals surface area contributed by atoms with Crippen molar-refractivity contribution < 1.29 is 14.4 Å². The van der Waals surface area contributed by atoms with Gasteiger partial charge < -0.3 is 4.90 Å². The van der Waals surface area contributed by atoms with Crippen LogP contribution in [-0.4, -0.2) is 33.6 Å². The number of hydrogen-bond acceptors (Lipinski definition) is 5. The lowest BCUT2D eigenvalue weighted by molar-refractivity contribution is -0.124. The first-order valence-corrected chi connectivity index (χ1v) is 11.2. The van der Waals surface area contributed by atoms with E-state index in [9.17, 15) is 14.4 Å². The maximum Gasteiger partial charge on any atom is 0.286 e. The molecule has 1 fully saturated rings. The van der Waals surface area contributed by atoms with Gasteiger partial charge in [-0.25, -0.2) is 0 Å². The molecule has 3 amide bonds. The number of thioether (sulfide) groups is 1. The van der Waals surface area contributed by atoms with Crippen molar-refractivity contribution in [3.8, 4) is 0 Å². The SMILES string of the molecule is CCN1C(=O)/C(=C2\SC(=S)N(NC(=O)c3ccccc3Cl)C2=O)c2cc(Br)ccc21. The zero-order valence-corrected chi connectivity index (χ0v) is 19.4. The third-order valence-electron chi connectivity index (χ3n) is 4.62. The summed E-state index contributed by atoms with van der Waals surface area (Å²) in [6.45, 7) is 2.32. The Morgan fingerprint density at radius 2 is 1.93 bits per heavy atom. The molecule has 1 saturated heterocycles. The van der Waals surface area contributed by atoms with Gasteiger partial charge in [0.2, 0.25) is 0 Å². The average Bonchev–Trinajstić information content (AvgIpc) is 3.14. The van der Waals surface area contributed by atoms with Crippen molar-refractivity contribution in [2.24, 2.45) is 0 Å². The first-order valence-electron chi connectivity index (χ1n) is 8.81. The zero-order valence-electron chi connectivity index (χ0n) is 15.4. The monoisotopic (exact) mass is 521 g/mol. The van der Waals surface area contributed by atoms with E-state index in [-0.39, 0.29) is 31.3 Å². The number of thiocarbonyl (C=S) groups is 1. The number of rotatable bonds is 3. The molecule has 10 heteroatoms. The number of carbonyl (C=O) groups excluding carboxylic acids is 3. The molecule has 30 heavy (non-hydrogen) atoms. The number of carbonyl (C=O) groups is 3. The summed E-state index contributed by atoms with van der Waals surface area (Å²) in [5.41, 5.74) is 4.36. The molecule has 6 nitrogen and oxygen atoms in total. The Kier molecular flexibility index (Phi) is 5.71. The number of amides is 3. The van der Waals surface area contributed by atoms with Crippen LogP contribution < -0.4 is 10.3 Å². The number of halogens is 2. The highest BCUT2D eigenvalue weighted by molar-refractivity contribution is 9.10. The van der Waals surface area contributed by atoms with Crippen LogP contribution in [0.3, 0.4) is 0 Å². The summed E-state index contributed by atoms with van der Waals surface area (Å²) >= 11 is 15.8. The van der Waals surface area contributed by atoms with Gasteiger partial charge in [-0.05, 0) is 49.5 Å². The van der Waals surface area contributed by atoms with E-state index in [1.807, 2.05) is 19.1 Å². The lowest BCUT2D eigenvalue weighted by Crippen LogP contribution is -2.45. The van der Waals surface area contributed by atoms with Crippen LogP contribution in [0.5, 0.6) is 0 Å². The zero-order chi connectivity index (χ0) is 21.6. The van der Waals surface area contributed by atoms with Gasteiger partial charge in [-0.1, -0.05) is 51.4 Å². The number of hydrazine groups is 1. The third kappa shape index (κ3) is 3.45. The second-order valence-electron chi connectivity index (χ2n) is 6.34. The van der Waals surface area contributed by atoms with E-state index in [1.165, 1.54) is 0 Å². The van der Waals surface area contributed by atoms with E-state index in [2.05, 4.69) is 21.4 Å². The summed E-state index contributed by atoms with van der Waals surface area (Å²) < 4.78 is 0.911. The Labute approximate surface area is 195 Å². The molecule has 2 heterocycles. The van der Waals surface area contributed by atoms with Gasteiger partial charge in [0.05, 0.1) is 26.8 Å². The maximum atomic E-state index is 13.1. The molecule has 2 aromatic carbocycles. The molecule has 0 saturated carbocycles. The number of hydrogen-bond donors (Lipinski definition) is 1. The molecule has 0 aromatic heterocycles. The topological polar surface area (TPSA) is 69.7 Å². The highest BCUT2D eigenvalue weighted by Gasteiger charge is 2.42. The van der Waals surface area contributed by atoms with Crippen molar-refractivity contribution in [2.45, 2.75) is 6.92 Å². The lowest BCUT2D eigenvalue weighted by atomic mass is 10.1. The molecule has 2 aromatic rings. The first kappa shape index (κ1) is 21.0. The number of fused-ring (bicyclic) bond motifs is 1. The maximum absolute atomic E-state index is 13.1. The standard InChI is InChI=1S/C20H13BrClN3O3S2/c1-2-24-14-8-7-10(21)9-12(14)15(18(24)27)16-19(28)25(20(29)30-16)23-17(26)11-5-3-4-6-13(11)22/h3-9H,2H2,1H3,(H,23,26)/b16-15-. The van der Waals surface area contributed by atoms with Crippen molar-refractivity contribution in [1.29, 1.82) is 0 Å². The summed E-state index contributed by atoms with van der Waals surface area (Å²) in [5.74, 6) is -1.40. The van der Waals surface area contributed by atoms with Crippen LogP contribution in [0.15, 0.2) is 51.8 Å². The van der Waals surface area contributed by atoms with E-state index in [0.717, 1.165) is 26.9 Å². The Morgan fingerprint density at radius 3 is 2.63 bits per heavy atom. The Balaban J connectivity index is 1.72. The van der Waals surface area contributed by atoms with Crippen molar-refractivity contribution in [1.82, 2.24) is 10.4 Å². The summed E-state index contributed by atoms with van der Waals surface area (Å²) in [6, 6.07) is 11.9. The molecular formula is C20H13BrClN3O3S2. The van der Waals surface area contributed by atoms with Gasteiger partial charge in [-0.2, -0.15) is 5.01 Å². The van der Waals surface area contributed by atoms with Crippen LogP contribution in [0.4, 0.5) is 5.69 Å². The second kappa shape index (κ2) is 8.14. The van der Waals surface area contributed by atoms with E-state index in [4.69, 9.17) is 23.8 Å². The number of anilines is 1. The van der Waals surface area contributed by atoms with Crippen LogP contribution >= 0.6 is 51.5 Å². The van der Waals surface area contributed by atoms with E-state index < -0.39 is 11.8 Å². The quantitative estimate of drug-likeness (QED) is 0.478. The predicted octanol–water partition coefficient (Wildman–Crippen LogP) is 4.39. The van der Waals surface area contributed by atoms with Crippen molar-refractivity contribution in [3.63, 3.8) is 0 Å². The Hall–Kier alpha value is -2.20. The van der Waals surface area contributed by atoms with Crippen LogP contribution in [0.2, 0.25) is 5.02 Å². The normalized spacial score (nSPS) is 18.3. The molecule has 1 N–H and O–H groups in total. The van der Waals surface area contributed by atoms with Gasteiger partial charge in [0.1, 0.15) is 0 Å². The Morgan fingerprint density at radius 1 is 1.20 bits per heavy atom. The van der Waals surface area contributed by atoms with Gasteiger partial charge >= 0.3 is 0 Å². The summed E-state index contributed by atoms with van der Waals surface area (Å²) in [4.78, 5) is 40.6. The third-order valence-corrected chi connectivity index (χ3v) is 6.82. The average molecular weight is 523 g/mol. The van der Waals surface area contributed by atoms with Gasteiger partial charge in [0.15, 0.2) is 4.32 Å². The summed E-state index contributed by atoms with van der Waals surface area (Å²) in [6.07, 6.45) is 0. The van der Waals surface area contributed by atoms with Gasteiger partial charge in [-0.15, -0.1) is 0 Å². The van der Waals surface area contributed by atoms with Crippen LogP contribution in [0.25, 0.3) is 5.57 Å². The smallest absolute Gasteiger partial charge is 0.286 e. The minimum Gasteiger partial charge on any atom is -0.308 e. The molecule has 0 atom stereocenters. The van der Waals surface area contributed by atoms with Gasteiger partial charge in [0, 0.05) is 16.6 Å². The molecule has 4 rings (SSSR count). The molecule has 0 unspecified atom stereocenters. The lowest BCUT2D eigenvalue weighted by Gasteiger charge is -2.16. The number of nitrogens with one attached hydrogen (secondary N) is 1. The molecule has 0 bridgehead atoms. The van der Waals surface area contributed by atoms with E-state index in [1.54, 1.807) is 35.2 Å².